The van der Waals surface area contributed by atoms with Crippen LogP contribution < -0.4 is 14.5 Å². The monoisotopic (exact) mass is 1000 g/mol. The molecule has 0 bridgehead atoms. The number of pyridine rings is 1. The minimum absolute atomic E-state index is 0.0436. The van der Waals surface area contributed by atoms with Crippen molar-refractivity contribution in [3.8, 4) is 61.8 Å². The van der Waals surface area contributed by atoms with Gasteiger partial charge in [0.15, 0.2) is 0 Å². The van der Waals surface area contributed by atoms with Crippen molar-refractivity contribution in [2.45, 2.75) is 78.6 Å². The van der Waals surface area contributed by atoms with E-state index in [4.69, 9.17) is 9.72 Å². The molecule has 0 atom stereocenters. The fourth-order valence-corrected chi connectivity index (χ4v) is 11.3. The van der Waals surface area contributed by atoms with Crippen LogP contribution in [0.2, 0.25) is 0 Å². The lowest BCUT2D eigenvalue weighted by Gasteiger charge is -2.28. The van der Waals surface area contributed by atoms with Crippen LogP contribution in [-0.4, -0.2) is 16.2 Å². The minimum Gasteiger partial charge on any atom is -0.457 e. The van der Waals surface area contributed by atoms with Gasteiger partial charge < -0.3 is 14.5 Å². The van der Waals surface area contributed by atoms with E-state index in [0.717, 1.165) is 56.4 Å². The second-order valence-corrected chi connectivity index (χ2v) is 23.8. The van der Waals surface area contributed by atoms with Crippen molar-refractivity contribution in [2.24, 2.45) is 0 Å². The van der Waals surface area contributed by atoms with Gasteiger partial charge in [0.1, 0.15) is 24.0 Å². The number of fused-ring (bicyclic) bond motifs is 4. The quantitative estimate of drug-likeness (QED) is 0.144. The van der Waals surface area contributed by atoms with E-state index >= 15 is 0 Å². The van der Waals surface area contributed by atoms with Crippen LogP contribution in [0.1, 0.15) is 79.0 Å². The zero-order chi connectivity index (χ0) is 53.2. The van der Waals surface area contributed by atoms with Crippen molar-refractivity contribution in [1.82, 2.24) is 9.55 Å². The molecular formula is C72H66N4O. The van der Waals surface area contributed by atoms with Gasteiger partial charge in [0.2, 0.25) is 0 Å². The Morgan fingerprint density at radius 1 is 0.390 bits per heavy atom. The molecule has 0 unspecified atom stereocenters. The number of para-hydroxylation sites is 4. The summed E-state index contributed by atoms with van der Waals surface area (Å²) < 4.78 is 9.22. The van der Waals surface area contributed by atoms with Crippen molar-refractivity contribution in [2.75, 3.05) is 16.5 Å². The topological polar surface area (TPSA) is 33.5 Å². The smallest absolute Gasteiger partial charge is 0.137 e. The van der Waals surface area contributed by atoms with E-state index in [-0.39, 0.29) is 16.2 Å². The average molecular weight is 1000 g/mol. The van der Waals surface area contributed by atoms with Crippen molar-refractivity contribution >= 4 is 44.6 Å². The van der Waals surface area contributed by atoms with Crippen molar-refractivity contribution in [1.29, 1.82) is 0 Å². The van der Waals surface area contributed by atoms with Crippen molar-refractivity contribution in [3.63, 3.8) is 0 Å². The maximum atomic E-state index is 6.92. The predicted molar refractivity (Wildman–Crippen MR) is 325 cm³/mol. The Balaban J connectivity index is 0.914. The third kappa shape index (κ3) is 9.35. The Bertz CT molecular complexity index is 3980. The van der Waals surface area contributed by atoms with Gasteiger partial charge in [-0.05, 0) is 115 Å². The van der Waals surface area contributed by atoms with Gasteiger partial charge in [-0.1, -0.05) is 214 Å². The Hall–Kier alpha value is -8.67. The van der Waals surface area contributed by atoms with Crippen molar-refractivity contribution < 1.29 is 4.74 Å². The van der Waals surface area contributed by atoms with Crippen LogP contribution in [0.3, 0.4) is 0 Å². The standard InChI is InChI=1S/C72H66N4O/c1-70(2,3)53-36-32-49(33-37-53)58-27-19-28-59(52-23-17-22-51(42-52)48-20-11-10-12-21-48)69(58)75-47-74(65-30-15-16-31-66(65)75)55-24-18-25-56(43-55)77-57-40-41-61-60-26-13-14-29-64(60)76(67(61)44-57)68-45-63(72(7,8)9)62(46-73-68)50-34-38-54(39-35-50)71(4,5)6/h10-46H,47H2,1-9H3. The number of anilines is 4. The Kier molecular flexibility index (Phi) is 12.3. The maximum absolute atomic E-state index is 6.92. The third-order valence-electron chi connectivity index (χ3n) is 15.4. The first-order chi connectivity index (χ1) is 37.1. The second kappa shape index (κ2) is 19.2. The molecule has 380 valence electrons. The largest absolute Gasteiger partial charge is 0.457 e. The molecule has 1 aliphatic heterocycles. The zero-order valence-corrected chi connectivity index (χ0v) is 45.8. The molecule has 77 heavy (non-hydrogen) atoms. The number of benzene rings is 9. The molecule has 0 aliphatic carbocycles. The molecule has 0 fully saturated rings. The number of nitrogens with zero attached hydrogens (tertiary/aromatic N) is 4. The number of hydrogen-bond acceptors (Lipinski definition) is 4. The van der Waals surface area contributed by atoms with Crippen LogP contribution in [0.15, 0.2) is 225 Å². The SMILES string of the molecule is CC(C)(C)c1ccc(-c2cnc(-n3c4ccccc4c4ccc(Oc5cccc(N6CN(c7c(-c8ccc(C(C)(C)C)cc8)cccc7-c7cccc(-c8ccccc8)c7)c7ccccc76)c5)cc43)cc2C(C)(C)C)cc1. The normalized spacial score (nSPS) is 12.9. The van der Waals surface area contributed by atoms with Crippen LogP contribution in [0, 0.1) is 0 Å². The molecule has 0 radical (unpaired) electrons. The first kappa shape index (κ1) is 49.2. The molecular weight excluding hydrogens is 937 g/mol. The Morgan fingerprint density at radius 3 is 1.64 bits per heavy atom. The van der Waals surface area contributed by atoms with E-state index < -0.39 is 0 Å². The highest BCUT2D eigenvalue weighted by Crippen LogP contribution is 2.51. The first-order valence-corrected chi connectivity index (χ1v) is 27.0. The fraction of sp³-hybridized carbons (Fsp3) is 0.181. The maximum Gasteiger partial charge on any atom is 0.137 e. The molecule has 1 aliphatic rings. The first-order valence-electron chi connectivity index (χ1n) is 27.0. The molecule has 3 heterocycles. The zero-order valence-electron chi connectivity index (χ0n) is 45.8. The highest BCUT2D eigenvalue weighted by atomic mass is 16.5. The molecule has 9 aromatic carbocycles. The second-order valence-electron chi connectivity index (χ2n) is 23.8. The summed E-state index contributed by atoms with van der Waals surface area (Å²) in [5.41, 5.74) is 19.9. The Labute approximate surface area is 454 Å². The van der Waals surface area contributed by atoms with E-state index in [0.29, 0.717) is 6.67 Å². The van der Waals surface area contributed by atoms with E-state index in [9.17, 15) is 0 Å². The van der Waals surface area contributed by atoms with E-state index in [2.05, 4.69) is 301 Å². The highest BCUT2D eigenvalue weighted by molar-refractivity contribution is 6.09. The number of rotatable bonds is 9. The van der Waals surface area contributed by atoms with Crippen LogP contribution >= 0.6 is 0 Å². The van der Waals surface area contributed by atoms with Crippen LogP contribution in [0.4, 0.5) is 22.7 Å². The number of aromatic nitrogens is 2. The summed E-state index contributed by atoms with van der Waals surface area (Å²) in [4.78, 5) is 10.2. The fourth-order valence-electron chi connectivity index (χ4n) is 11.3. The summed E-state index contributed by atoms with van der Waals surface area (Å²) in [6.07, 6.45) is 2.07. The van der Waals surface area contributed by atoms with Crippen LogP contribution in [0.5, 0.6) is 11.5 Å². The van der Waals surface area contributed by atoms with E-state index in [1.807, 2.05) is 0 Å². The molecule has 5 nitrogen and oxygen atoms in total. The molecule has 0 saturated heterocycles. The molecule has 5 heteroatoms. The summed E-state index contributed by atoms with van der Waals surface area (Å²) in [6.45, 7) is 21.1. The molecule has 0 N–H and O–H groups in total. The van der Waals surface area contributed by atoms with Gasteiger partial charge in [-0.15, -0.1) is 0 Å². The van der Waals surface area contributed by atoms with Crippen molar-refractivity contribution in [3.05, 3.63) is 241 Å². The van der Waals surface area contributed by atoms with Gasteiger partial charge in [0.05, 0.1) is 28.1 Å². The summed E-state index contributed by atoms with van der Waals surface area (Å²) in [5, 5.41) is 2.32. The lowest BCUT2D eigenvalue weighted by Crippen LogP contribution is -2.25. The number of hydrogen-bond donors (Lipinski definition) is 0. The van der Waals surface area contributed by atoms with Gasteiger partial charge in [-0.25, -0.2) is 4.98 Å². The average Bonchev–Trinajstić information content (AvgIpc) is 4.17. The van der Waals surface area contributed by atoms with E-state index in [1.54, 1.807) is 0 Å². The minimum atomic E-state index is -0.140. The van der Waals surface area contributed by atoms with Gasteiger partial charge in [-0.2, -0.15) is 0 Å². The van der Waals surface area contributed by atoms with Gasteiger partial charge >= 0.3 is 0 Å². The molecule has 0 amide bonds. The summed E-state index contributed by atoms with van der Waals surface area (Å²) in [6, 6.07) is 79.3. The lowest BCUT2D eigenvalue weighted by atomic mass is 9.81. The predicted octanol–water partition coefficient (Wildman–Crippen LogP) is 19.8. The van der Waals surface area contributed by atoms with E-state index in [1.165, 1.54) is 66.7 Å². The molecule has 11 aromatic rings. The highest BCUT2D eigenvalue weighted by Gasteiger charge is 2.32. The van der Waals surface area contributed by atoms with Gasteiger partial charge in [0, 0.05) is 51.5 Å². The van der Waals surface area contributed by atoms with Crippen LogP contribution in [-0.2, 0) is 16.2 Å². The van der Waals surface area contributed by atoms with Gasteiger partial charge in [-0.3, -0.25) is 4.57 Å². The lowest BCUT2D eigenvalue weighted by molar-refractivity contribution is 0.483. The molecule has 0 saturated carbocycles. The summed E-state index contributed by atoms with van der Waals surface area (Å²) >= 11 is 0. The summed E-state index contributed by atoms with van der Waals surface area (Å²) in [7, 11) is 0. The summed E-state index contributed by atoms with van der Waals surface area (Å²) in [5.74, 6) is 2.39. The third-order valence-corrected chi connectivity index (χ3v) is 15.4. The van der Waals surface area contributed by atoms with Gasteiger partial charge in [0.25, 0.3) is 0 Å². The molecule has 12 rings (SSSR count). The molecule has 0 spiro atoms. The van der Waals surface area contributed by atoms with Crippen LogP contribution in [0.25, 0.3) is 72.1 Å². The molecule has 2 aromatic heterocycles. The number of ether oxygens (including phenoxy) is 1. The Morgan fingerprint density at radius 2 is 0.948 bits per heavy atom.